The van der Waals surface area contributed by atoms with E-state index in [1.54, 1.807) is 0 Å². The largest absolute Gasteiger partial charge is 0.481 e. The second-order valence-electron chi connectivity index (χ2n) is 23.0. The molecule has 1 aliphatic carbocycles. The molecule has 0 aromatic rings. The summed E-state index contributed by atoms with van der Waals surface area (Å²) in [6.45, 7) is -3.85. The Hall–Kier alpha value is -1.68. The Morgan fingerprint density at radius 1 is 0.360 bits per heavy atom. The number of aliphatic carboxylic acids is 2. The van der Waals surface area contributed by atoms with Crippen LogP contribution in [0.5, 0.6) is 0 Å². The highest BCUT2D eigenvalue weighted by Crippen LogP contribution is 2.41. The maximum absolute atomic E-state index is 11.8. The van der Waals surface area contributed by atoms with Crippen molar-refractivity contribution in [2.45, 2.75) is 228 Å². The minimum absolute atomic E-state index is 0.0167. The van der Waals surface area contributed by atoms with Crippen molar-refractivity contribution in [3.05, 3.63) is 0 Å². The average Bonchev–Trinajstić information content (AvgIpc) is 0.983. The summed E-state index contributed by atoms with van der Waals surface area (Å²) in [5.41, 5.74) is 5.71. The molecule has 21 aliphatic rings. The fraction of sp³-hybridized carbons (Fsp3) is 0.960. The molecule has 37 atom stereocenters. The minimum Gasteiger partial charge on any atom is -0.481 e. The molecule has 0 aromatic carbocycles. The molecule has 0 amide bonds. The van der Waals surface area contributed by atoms with E-state index in [1.807, 2.05) is 0 Å². The van der Waals surface area contributed by atoms with E-state index in [2.05, 4.69) is 0 Å². The van der Waals surface area contributed by atoms with Crippen molar-refractivity contribution in [2.24, 2.45) is 17.6 Å². The van der Waals surface area contributed by atoms with Crippen LogP contribution in [0.1, 0.15) is 13.3 Å². The zero-order valence-electron chi connectivity index (χ0n) is 47.3. The molecule has 39 heteroatoms. The van der Waals surface area contributed by atoms with E-state index < -0.39 is 272 Å². The van der Waals surface area contributed by atoms with Gasteiger partial charge in [-0.05, 0) is 18.1 Å². The van der Waals surface area contributed by atoms with Gasteiger partial charge in [-0.25, -0.2) is 0 Å². The number of aliphatic hydroxyl groups is 19. The number of hydrogen-bond donors (Lipinski definition) is 22. The first-order chi connectivity index (χ1) is 42.2. The number of ether oxygens (including phenoxy) is 13. The average molecular weight is 1340 g/mol. The molecule has 1 saturated carbocycles. The van der Waals surface area contributed by atoms with E-state index in [0.29, 0.717) is 0 Å². The van der Waals surface area contributed by atoms with Crippen LogP contribution >= 0.6 is 23.5 Å². The number of hydrogen-bond acceptors (Lipinski definition) is 37. The van der Waals surface area contributed by atoms with Crippen molar-refractivity contribution < 1.29 is 178 Å². The second-order valence-corrected chi connectivity index (χ2v) is 25.2. The fourth-order valence-corrected chi connectivity index (χ4v) is 14.0. The van der Waals surface area contributed by atoms with Crippen LogP contribution in [-0.2, 0) is 71.2 Å². The van der Waals surface area contributed by atoms with E-state index in [1.165, 1.54) is 6.92 Å². The van der Waals surface area contributed by atoms with Crippen molar-refractivity contribution in [3.8, 4) is 0 Å². The van der Waals surface area contributed by atoms with Gasteiger partial charge in [0.2, 0.25) is 0 Å². The second kappa shape index (κ2) is 31.9. The molecule has 20 aliphatic heterocycles. The van der Waals surface area contributed by atoms with Crippen molar-refractivity contribution in [2.75, 3.05) is 56.0 Å². The Bertz CT molecular complexity index is 2190. The predicted molar refractivity (Wildman–Crippen MR) is 285 cm³/mol. The third-order valence-electron chi connectivity index (χ3n) is 16.9. The summed E-state index contributed by atoms with van der Waals surface area (Å²) in [5, 5.41) is 234. The van der Waals surface area contributed by atoms with Crippen LogP contribution < -0.4 is 5.73 Å². The summed E-state index contributed by atoms with van der Waals surface area (Å²) in [6, 6.07) is -1.46. The van der Waals surface area contributed by atoms with Crippen molar-refractivity contribution in [3.63, 3.8) is 0 Å². The topological polar surface area (TPSA) is 605 Å². The highest BCUT2D eigenvalue weighted by Gasteiger charge is 2.59. The number of nitrogens with two attached hydrogens (primary N) is 1. The Balaban J connectivity index is 1.11. The van der Waals surface area contributed by atoms with Crippen LogP contribution in [0.4, 0.5) is 0 Å². The molecule has 0 aromatic heterocycles. The van der Waals surface area contributed by atoms with E-state index in [9.17, 15) is 117 Å². The number of thioether (sulfide) groups is 2. The zero-order valence-corrected chi connectivity index (χ0v) is 49.0. The smallest absolute Gasteiger partial charge is 0.321 e. The predicted octanol–water partition coefficient (Wildman–Crippen LogP) is -13.0. The minimum atomic E-state index is -2.24. The summed E-state index contributed by atoms with van der Waals surface area (Å²) in [7, 11) is 0. The third-order valence-corrected chi connectivity index (χ3v) is 19.5. The molecule has 21 rings (SSSR count). The Kier molecular flexibility index (Phi) is 26.2. The zero-order chi connectivity index (χ0) is 65.2. The van der Waals surface area contributed by atoms with E-state index in [4.69, 9.17) is 67.3 Å². The molecular formula is C50H83NO36S2. The van der Waals surface area contributed by atoms with Gasteiger partial charge in [-0.15, -0.1) is 0 Å². The molecule has 23 N–H and O–H groups in total. The van der Waals surface area contributed by atoms with E-state index >= 15 is 0 Å². The molecule has 14 bridgehead atoms. The number of aliphatic hydroxyl groups excluding tert-OH is 19. The van der Waals surface area contributed by atoms with Crippen LogP contribution in [0.3, 0.4) is 0 Å². The maximum atomic E-state index is 11.8. The van der Waals surface area contributed by atoms with E-state index in [0.717, 1.165) is 23.5 Å². The summed E-state index contributed by atoms with van der Waals surface area (Å²) in [4.78, 5) is 23.4. The highest BCUT2D eigenvalue weighted by atomic mass is 32.2. The number of rotatable bonds is 15. The first kappa shape index (κ1) is 73.1. The summed E-state index contributed by atoms with van der Waals surface area (Å²) in [5.74, 6) is -5.31. The monoisotopic (exact) mass is 1340 g/mol. The van der Waals surface area contributed by atoms with E-state index in [-0.39, 0.29) is 29.4 Å². The lowest BCUT2D eigenvalue weighted by atomic mass is 9.81. The molecule has 20 heterocycles. The molecule has 37 nitrogen and oxygen atoms in total. The number of carbonyl (C=O) groups is 2. The fourth-order valence-electron chi connectivity index (χ4n) is 11.7. The lowest BCUT2D eigenvalue weighted by Crippen LogP contribution is -2.68. The van der Waals surface area contributed by atoms with Crippen LogP contribution in [0.15, 0.2) is 0 Å². The molecule has 516 valence electrons. The lowest BCUT2D eigenvalue weighted by Gasteiger charge is -2.50. The number of carboxylic acid groups (broad SMARTS) is 2. The molecule has 0 spiro atoms. The van der Waals surface area contributed by atoms with Gasteiger partial charge in [0.15, 0.2) is 37.7 Å². The quantitative estimate of drug-likeness (QED) is 0.0724. The first-order valence-corrected chi connectivity index (χ1v) is 31.0. The van der Waals surface area contributed by atoms with Gasteiger partial charge in [0.1, 0.15) is 159 Å². The van der Waals surface area contributed by atoms with Gasteiger partial charge in [0.25, 0.3) is 0 Å². The summed E-state index contributed by atoms with van der Waals surface area (Å²) < 4.78 is 76.4. The lowest BCUT2D eigenvalue weighted by molar-refractivity contribution is -0.394. The first-order valence-electron chi connectivity index (χ1n) is 28.6. The Labute approximate surface area is 514 Å². The van der Waals surface area contributed by atoms with Gasteiger partial charge in [0, 0.05) is 17.3 Å². The Morgan fingerprint density at radius 2 is 0.629 bits per heavy atom. The van der Waals surface area contributed by atoms with Crippen molar-refractivity contribution in [1.29, 1.82) is 0 Å². The molecule has 14 unspecified atom stereocenters. The standard InChI is InChI=1S/C50H83NO36S2/c1-12(43(71)72)8-88-9-13-2-15-22(57)23(58)36(13)82-45-31(66)25(60)38(17(4-53)77-45)84-47-32(67)26(61)39(18(5-54)78-47)85-48-33(68)27(62)41(20(7-56)79-48)86-50-35(70)29(64)42(21(81-50)11-89-10-14(51)44(73)74)87-49-34(69)28(63)40(19(6-55)80-49)83-46-30(65)24(59)37(75-15)16(3-52)76-46/h12-42,45-50,52-70H,2-11,51H2,1H3,(H,71,72)(H,73,74)/t12-,13?,14-,15+,16?,17?,18?,19?,20?,21?,22?,23-,24?,25-,26?,27?,28?,29?,30+,31?,32+,33+,34+,35+,36-,37-,38-,39-,40-,41-,42+,45-,46-,47-,48-,49-,50-/m1/s1. The van der Waals surface area contributed by atoms with Gasteiger partial charge in [-0.3, -0.25) is 9.59 Å². The van der Waals surface area contributed by atoms with Gasteiger partial charge < -0.3 is 175 Å². The van der Waals surface area contributed by atoms with Crippen molar-refractivity contribution in [1.82, 2.24) is 0 Å². The van der Waals surface area contributed by atoms with Gasteiger partial charge in [-0.2, -0.15) is 23.5 Å². The SMILES string of the molecule is C[C@H](CSCC1C[C@@H]2O[C@@H]3C(CO)O[C@H](O[C@@H]4C(CO)O[C@H](O[C@H]5C(CSC[C@@H](N)C(=O)O)O[C@H](O[C@@H]6C(CO)O[C@H](O[C@@H]7C(CO)O[C@H](O[C@@H]8C(CO)O[C@H](O[C@H]1[C@H](O)C2O)C(O)[C@H]8O)[C@@H](O)C7O)[C@@H](O)C6O)[C@@H](O)C5O)[C@@H](O)C4O)[C@@H](O)C3O)C(=O)O. The highest BCUT2D eigenvalue weighted by molar-refractivity contribution is 7.99. The van der Waals surface area contributed by atoms with Crippen LogP contribution in [0.2, 0.25) is 0 Å². The van der Waals surface area contributed by atoms with Crippen molar-refractivity contribution >= 4 is 35.5 Å². The van der Waals surface area contributed by atoms with Crippen LogP contribution in [0.25, 0.3) is 0 Å². The maximum Gasteiger partial charge on any atom is 0.321 e. The van der Waals surface area contributed by atoms with Gasteiger partial charge >= 0.3 is 11.9 Å². The van der Waals surface area contributed by atoms with Crippen LogP contribution in [-0.4, -0.2) is 390 Å². The molecule has 0 radical (unpaired) electrons. The van der Waals surface area contributed by atoms with Gasteiger partial charge in [-0.1, -0.05) is 6.92 Å². The molecular weight excluding hydrogens is 1250 g/mol. The third kappa shape index (κ3) is 15.9. The normalized spacial score (nSPS) is 50.1. The summed E-state index contributed by atoms with van der Waals surface area (Å²) in [6.07, 6.45) is -67.8. The molecule has 20 saturated heterocycles. The Morgan fingerprint density at radius 3 is 0.933 bits per heavy atom. The summed E-state index contributed by atoms with van der Waals surface area (Å²) >= 11 is 1.86. The van der Waals surface area contributed by atoms with Gasteiger partial charge in [0.05, 0.1) is 57.3 Å². The molecule has 89 heavy (non-hydrogen) atoms. The van der Waals surface area contributed by atoms with Crippen LogP contribution in [0, 0.1) is 11.8 Å². The molecule has 21 fully saturated rings. The number of carboxylic acids is 2.